The number of unbranched alkanes of at least 4 members (excludes halogenated alkanes) is 2. The number of hydrogen-bond donors (Lipinski definition) is 3. The molecular weight excluding hydrogens is 536 g/mol. The van der Waals surface area contributed by atoms with E-state index in [2.05, 4.69) is 34.7 Å². The van der Waals surface area contributed by atoms with Gasteiger partial charge in [-0.15, -0.1) is 0 Å². The van der Waals surface area contributed by atoms with Gasteiger partial charge in [-0.2, -0.15) is 0 Å². The van der Waals surface area contributed by atoms with E-state index >= 15 is 0 Å². The second-order valence-corrected chi connectivity index (χ2v) is 10.4. The van der Waals surface area contributed by atoms with Gasteiger partial charge >= 0.3 is 0 Å². The van der Waals surface area contributed by atoms with E-state index in [4.69, 9.17) is 4.74 Å². The Morgan fingerprint density at radius 3 is 2.24 bits per heavy atom. The van der Waals surface area contributed by atoms with Crippen molar-refractivity contribution in [1.82, 2.24) is 9.80 Å². The molecule has 0 spiro atoms. The van der Waals surface area contributed by atoms with Crippen molar-refractivity contribution in [2.24, 2.45) is 0 Å². The van der Waals surface area contributed by atoms with E-state index < -0.39 is 18.1 Å². The highest BCUT2D eigenvalue weighted by molar-refractivity contribution is 9.10. The number of aromatic hydroxyl groups is 1. The molecule has 0 unspecified atom stereocenters. The van der Waals surface area contributed by atoms with Gasteiger partial charge < -0.3 is 25.0 Å². The number of halogens is 1. The first-order valence-corrected chi connectivity index (χ1v) is 13.9. The number of aliphatic hydroxyl groups is 2. The van der Waals surface area contributed by atoms with Crippen LogP contribution in [0.1, 0.15) is 63.1 Å². The quantitative estimate of drug-likeness (QED) is 0.209. The fraction of sp³-hybridized carbons (Fsp3) is 0.483. The monoisotopic (exact) mass is 574 g/mol. The van der Waals surface area contributed by atoms with Gasteiger partial charge in [-0.3, -0.25) is 9.69 Å². The maximum Gasteiger partial charge on any atom is 0.208 e. The first-order valence-electron chi connectivity index (χ1n) is 13.1. The molecule has 3 rings (SSSR count). The molecule has 1 saturated heterocycles. The zero-order valence-electron chi connectivity index (χ0n) is 22.0. The molecule has 8 heteroatoms. The maximum absolute atomic E-state index is 13.4. The summed E-state index contributed by atoms with van der Waals surface area (Å²) in [5.41, 5.74) is 1.27. The molecule has 1 aliphatic rings. The molecule has 2 aromatic rings. The van der Waals surface area contributed by atoms with E-state index in [0.717, 1.165) is 56.2 Å². The number of rotatable bonds is 13. The Kier molecular flexibility index (Phi) is 11.0. The smallest absolute Gasteiger partial charge is 0.208 e. The number of phenolic OH excluding ortho intramolecular Hbond substituents is 1. The summed E-state index contributed by atoms with van der Waals surface area (Å²) in [6, 6.07) is 11.2. The van der Waals surface area contributed by atoms with Crippen LogP contribution in [0, 0.1) is 0 Å². The van der Waals surface area contributed by atoms with Crippen LogP contribution < -0.4 is 4.74 Å². The third-order valence-electron chi connectivity index (χ3n) is 6.86. The van der Waals surface area contributed by atoms with Crippen LogP contribution in [-0.2, 0) is 4.79 Å². The van der Waals surface area contributed by atoms with Gasteiger partial charge in [0.2, 0.25) is 5.78 Å². The average Bonchev–Trinajstić information content (AvgIpc) is 3.15. The molecule has 3 N–H and O–H groups in total. The Bertz CT molecular complexity index is 1060. The summed E-state index contributed by atoms with van der Waals surface area (Å²) >= 11 is 3.40. The number of Topliss-reactive ketones (excluding diaryl/α,β-unsaturated/α-hetero) is 1. The van der Waals surface area contributed by atoms with E-state index in [1.807, 2.05) is 0 Å². The van der Waals surface area contributed by atoms with E-state index in [-0.39, 0.29) is 22.8 Å². The van der Waals surface area contributed by atoms with Gasteiger partial charge in [0, 0.05) is 16.6 Å². The lowest BCUT2D eigenvalue weighted by molar-refractivity contribution is -0.127. The fourth-order valence-electron chi connectivity index (χ4n) is 4.79. The van der Waals surface area contributed by atoms with Crippen LogP contribution in [0.4, 0.5) is 0 Å². The van der Waals surface area contributed by atoms with Crippen molar-refractivity contribution >= 4 is 27.5 Å². The lowest BCUT2D eigenvalue weighted by Gasteiger charge is -2.29. The molecule has 2 aromatic carbocycles. The molecule has 0 radical (unpaired) electrons. The van der Waals surface area contributed by atoms with Gasteiger partial charge in [-0.1, -0.05) is 60.8 Å². The Hall–Kier alpha value is -2.39. The number of carbonyl (C=O) groups excluding carboxylic acids is 1. The summed E-state index contributed by atoms with van der Waals surface area (Å²) in [5, 5.41) is 32.5. The maximum atomic E-state index is 13.4. The van der Waals surface area contributed by atoms with Gasteiger partial charge in [-0.25, -0.2) is 0 Å². The molecule has 202 valence electrons. The fourth-order valence-corrected chi connectivity index (χ4v) is 5.05. The average molecular weight is 576 g/mol. The van der Waals surface area contributed by atoms with Crippen LogP contribution in [-0.4, -0.2) is 70.4 Å². The van der Waals surface area contributed by atoms with Gasteiger partial charge in [0.25, 0.3) is 0 Å². The van der Waals surface area contributed by atoms with Crippen molar-refractivity contribution in [3.63, 3.8) is 0 Å². The molecular formula is C29H39BrN2O5. The second-order valence-electron chi connectivity index (χ2n) is 9.48. The molecule has 0 aliphatic carbocycles. The summed E-state index contributed by atoms with van der Waals surface area (Å²) in [4.78, 5) is 17.6. The zero-order chi connectivity index (χ0) is 26.9. The van der Waals surface area contributed by atoms with Crippen LogP contribution in [0.2, 0.25) is 0 Å². The van der Waals surface area contributed by atoms with E-state index in [0.29, 0.717) is 17.7 Å². The van der Waals surface area contributed by atoms with Gasteiger partial charge in [0.15, 0.2) is 17.7 Å². The minimum atomic E-state index is -1.38. The highest BCUT2D eigenvalue weighted by Gasteiger charge is 2.46. The lowest BCUT2D eigenvalue weighted by Crippen LogP contribution is -2.37. The molecule has 37 heavy (non-hydrogen) atoms. The number of ether oxygens (including phenoxy) is 1. The standard InChI is InChI=1S/C29H39BrN2O5/c1-4-6-15-31(16-7-5-2)17-8-18-32-26(21-11-14-23(33)24(19-21)37-3)25(28(35)29(32)36)27(34)20-9-12-22(30)13-10-20/h9-14,19,26,29,33-34,36H,4-8,15-18H2,1-3H3/t26-,29+/m0/s1. The summed E-state index contributed by atoms with van der Waals surface area (Å²) in [6.07, 6.45) is 3.93. The zero-order valence-corrected chi connectivity index (χ0v) is 23.6. The van der Waals surface area contributed by atoms with Crippen LogP contribution in [0.5, 0.6) is 11.5 Å². The Morgan fingerprint density at radius 2 is 1.65 bits per heavy atom. The van der Waals surface area contributed by atoms with Gasteiger partial charge in [-0.05, 0) is 68.7 Å². The number of nitrogens with zero attached hydrogens (tertiary/aromatic N) is 2. The largest absolute Gasteiger partial charge is 0.507 e. The molecule has 2 atom stereocenters. The SMILES string of the molecule is CCCCN(CCCC)CCCN1[C@H](O)C(=O)C(=C(O)c2ccc(Br)cc2)[C@@H]1c1ccc(O)c(OC)c1. The van der Waals surface area contributed by atoms with E-state index in [1.54, 1.807) is 41.3 Å². The number of likely N-dealkylation sites (tertiary alicyclic amines) is 1. The van der Waals surface area contributed by atoms with Gasteiger partial charge in [0.1, 0.15) is 5.76 Å². The van der Waals surface area contributed by atoms with Crippen LogP contribution in [0.15, 0.2) is 52.5 Å². The van der Waals surface area contributed by atoms with Crippen LogP contribution in [0.25, 0.3) is 5.76 Å². The second kappa shape index (κ2) is 14.0. The summed E-state index contributed by atoms with van der Waals surface area (Å²) in [6.45, 7) is 7.77. The van der Waals surface area contributed by atoms with E-state index in [9.17, 15) is 20.1 Å². The highest BCUT2D eigenvalue weighted by atomic mass is 79.9. The Balaban J connectivity index is 1.95. The predicted molar refractivity (Wildman–Crippen MR) is 150 cm³/mol. The van der Waals surface area contributed by atoms with Crippen LogP contribution in [0.3, 0.4) is 0 Å². The molecule has 0 aromatic heterocycles. The molecule has 7 nitrogen and oxygen atoms in total. The van der Waals surface area contributed by atoms with Crippen molar-refractivity contribution < 1.29 is 24.9 Å². The summed E-state index contributed by atoms with van der Waals surface area (Å²) < 4.78 is 6.16. The van der Waals surface area contributed by atoms with E-state index in [1.165, 1.54) is 13.2 Å². The normalized spacial score (nSPS) is 19.6. The van der Waals surface area contributed by atoms with Crippen LogP contribution >= 0.6 is 15.9 Å². The van der Waals surface area contributed by atoms with Crippen molar-refractivity contribution in [1.29, 1.82) is 0 Å². The summed E-state index contributed by atoms with van der Waals surface area (Å²) in [5.74, 6) is -0.443. The lowest BCUT2D eigenvalue weighted by atomic mass is 9.95. The topological polar surface area (TPSA) is 93.5 Å². The molecule has 1 aliphatic heterocycles. The Labute approximate surface area is 228 Å². The minimum absolute atomic E-state index is 0.0205. The third-order valence-corrected chi connectivity index (χ3v) is 7.39. The van der Waals surface area contributed by atoms with Crippen molar-refractivity contribution in [2.75, 3.05) is 33.3 Å². The number of ketones is 1. The molecule has 0 saturated carbocycles. The summed E-state index contributed by atoms with van der Waals surface area (Å²) in [7, 11) is 1.46. The van der Waals surface area contributed by atoms with Crippen molar-refractivity contribution in [2.45, 2.75) is 58.2 Å². The first-order chi connectivity index (χ1) is 17.8. The van der Waals surface area contributed by atoms with Gasteiger partial charge in [0.05, 0.1) is 18.7 Å². The number of aliphatic hydroxyl groups excluding tert-OH is 2. The number of methoxy groups -OCH3 is 1. The molecule has 0 amide bonds. The predicted octanol–water partition coefficient (Wildman–Crippen LogP) is 5.67. The highest BCUT2D eigenvalue weighted by Crippen LogP contribution is 2.43. The number of carbonyl (C=O) groups is 1. The van der Waals surface area contributed by atoms with Crippen molar-refractivity contribution in [3.8, 4) is 11.5 Å². The number of phenols is 1. The van der Waals surface area contributed by atoms with Crippen molar-refractivity contribution in [3.05, 3.63) is 63.6 Å². The molecule has 0 bridgehead atoms. The third kappa shape index (κ3) is 7.13. The Morgan fingerprint density at radius 1 is 1.03 bits per heavy atom. The molecule has 1 heterocycles. The number of hydrogen-bond acceptors (Lipinski definition) is 7. The first kappa shape index (κ1) is 29.2. The minimum Gasteiger partial charge on any atom is -0.507 e. The molecule has 1 fully saturated rings. The number of benzene rings is 2.